The standard InChI is InChI=1S/C48H66N6O3S2/c1-36-29-42(15-16-44(36)49-39(32-58-41-9-7-6-8-10-41)18-20-52-23-21-51(5)22-24-52)59(56,57)50-45(55)37-11-13-40(14-12-37)54-27-25-53(26-28-54)31-38-17-19-46(2,3)30-43(38)48-33-47(4,34-48)35-48/h6-16,29,39,49H,17-28,30-35H2,1-5H3,(H,50,55)/t39-,47?,48?/m1/s1. The summed E-state index contributed by atoms with van der Waals surface area (Å²) < 4.78 is 29.4. The van der Waals surface area contributed by atoms with Crippen LogP contribution in [0.4, 0.5) is 11.4 Å². The Labute approximate surface area is 358 Å². The molecule has 1 atom stereocenters. The number of nitrogens with zero attached hydrogens (tertiary/aromatic N) is 4. The molecule has 1 amide bonds. The summed E-state index contributed by atoms with van der Waals surface area (Å²) in [6.07, 6.45) is 9.00. The van der Waals surface area contributed by atoms with Crippen molar-refractivity contribution in [2.24, 2.45) is 16.2 Å². The van der Waals surface area contributed by atoms with Crippen LogP contribution in [0.1, 0.15) is 81.6 Å². The second kappa shape index (κ2) is 17.2. The molecule has 2 aliphatic heterocycles. The number of benzene rings is 3. The van der Waals surface area contributed by atoms with Crippen LogP contribution in [0.2, 0.25) is 0 Å². The molecule has 2 heterocycles. The average molecular weight is 839 g/mol. The van der Waals surface area contributed by atoms with Crippen molar-refractivity contribution in [1.29, 1.82) is 0 Å². The third-order valence-electron chi connectivity index (χ3n) is 14.1. The molecule has 5 fully saturated rings. The maximum atomic E-state index is 13.5. The molecule has 9 nitrogen and oxygen atoms in total. The molecule has 2 saturated heterocycles. The minimum Gasteiger partial charge on any atom is -0.381 e. The van der Waals surface area contributed by atoms with Gasteiger partial charge in [-0.15, -0.1) is 11.8 Å². The number of amides is 1. The predicted molar refractivity (Wildman–Crippen MR) is 243 cm³/mol. The number of sulfonamides is 1. The minimum absolute atomic E-state index is 0.0781. The average Bonchev–Trinajstić information content (AvgIpc) is 3.19. The Morgan fingerprint density at radius 1 is 0.847 bits per heavy atom. The molecule has 0 unspecified atom stereocenters. The summed E-state index contributed by atoms with van der Waals surface area (Å²) in [7, 11) is -1.90. The topological polar surface area (TPSA) is 88.2 Å². The second-order valence-electron chi connectivity index (χ2n) is 19.7. The van der Waals surface area contributed by atoms with Crippen LogP contribution < -0.4 is 14.9 Å². The lowest BCUT2D eigenvalue weighted by molar-refractivity contribution is -0.167. The normalized spacial score (nSPS) is 25.5. The van der Waals surface area contributed by atoms with Gasteiger partial charge in [0.2, 0.25) is 0 Å². The van der Waals surface area contributed by atoms with Crippen molar-refractivity contribution >= 4 is 39.1 Å². The lowest BCUT2D eigenvalue weighted by Gasteiger charge is -2.72. The van der Waals surface area contributed by atoms with Gasteiger partial charge in [-0.05, 0) is 135 Å². The van der Waals surface area contributed by atoms with Crippen LogP contribution in [-0.4, -0.2) is 113 Å². The van der Waals surface area contributed by atoms with Gasteiger partial charge in [-0.1, -0.05) is 50.1 Å². The van der Waals surface area contributed by atoms with Crippen LogP contribution in [0.3, 0.4) is 0 Å². The number of rotatable bonds is 15. The fourth-order valence-corrected chi connectivity index (χ4v) is 12.7. The highest BCUT2D eigenvalue weighted by Gasteiger charge is 2.66. The molecule has 0 spiro atoms. The van der Waals surface area contributed by atoms with Crippen LogP contribution in [0.15, 0.2) is 93.7 Å². The molecule has 11 heteroatoms. The first-order valence-electron chi connectivity index (χ1n) is 22.0. The molecule has 318 valence electrons. The molecule has 3 aromatic rings. The molecular formula is C48H66N6O3S2. The maximum absolute atomic E-state index is 13.5. The highest BCUT2D eigenvalue weighted by atomic mass is 32.2. The first-order chi connectivity index (χ1) is 28.2. The zero-order valence-electron chi connectivity index (χ0n) is 36.1. The smallest absolute Gasteiger partial charge is 0.264 e. The van der Waals surface area contributed by atoms with Crippen molar-refractivity contribution in [3.05, 3.63) is 95.1 Å². The Morgan fingerprint density at radius 3 is 2.19 bits per heavy atom. The zero-order chi connectivity index (χ0) is 41.4. The third-order valence-corrected chi connectivity index (χ3v) is 16.6. The van der Waals surface area contributed by atoms with E-state index in [0.29, 0.717) is 21.8 Å². The van der Waals surface area contributed by atoms with E-state index >= 15 is 0 Å². The number of allylic oxidation sites excluding steroid dienone is 1. The summed E-state index contributed by atoms with van der Waals surface area (Å²) in [5, 5.41) is 3.73. The highest BCUT2D eigenvalue weighted by Crippen LogP contribution is 2.77. The third kappa shape index (κ3) is 9.91. The molecule has 6 aliphatic rings. The number of hydrogen-bond acceptors (Lipinski definition) is 9. The van der Waals surface area contributed by atoms with E-state index in [1.54, 1.807) is 29.8 Å². The SMILES string of the molecule is Cc1cc(S(=O)(=O)NC(=O)c2ccc(N3CCN(CC4=C(C56CC(C)(C5)C6)CC(C)(C)CC4)CC3)cc2)ccc1N[C@H](CCN1CCN(C)CC1)CSc1ccccc1. The van der Waals surface area contributed by atoms with E-state index < -0.39 is 15.9 Å². The van der Waals surface area contributed by atoms with E-state index in [2.05, 4.69) is 81.7 Å². The van der Waals surface area contributed by atoms with Crippen LogP contribution in [0.5, 0.6) is 0 Å². The largest absolute Gasteiger partial charge is 0.381 e. The zero-order valence-corrected chi connectivity index (χ0v) is 37.7. The molecule has 9 rings (SSSR count). The summed E-state index contributed by atoms with van der Waals surface area (Å²) >= 11 is 1.83. The van der Waals surface area contributed by atoms with E-state index in [9.17, 15) is 13.2 Å². The van der Waals surface area contributed by atoms with Crippen molar-refractivity contribution in [2.45, 2.75) is 88.5 Å². The molecule has 2 N–H and O–H groups in total. The molecule has 4 aliphatic carbocycles. The van der Waals surface area contributed by atoms with Gasteiger partial charge in [0.1, 0.15) is 0 Å². The number of thioether (sulfide) groups is 1. The van der Waals surface area contributed by atoms with E-state index in [-0.39, 0.29) is 10.9 Å². The van der Waals surface area contributed by atoms with E-state index in [1.165, 1.54) is 43.4 Å². The Hall–Kier alpha value is -3.35. The van der Waals surface area contributed by atoms with Crippen molar-refractivity contribution < 1.29 is 13.2 Å². The van der Waals surface area contributed by atoms with Gasteiger partial charge in [0, 0.05) is 99.1 Å². The number of likely N-dealkylation sites (N-methyl/N-ethyl adjacent to an activating group) is 1. The van der Waals surface area contributed by atoms with Gasteiger partial charge in [-0.25, -0.2) is 13.1 Å². The van der Waals surface area contributed by atoms with Gasteiger partial charge >= 0.3 is 0 Å². The number of piperazine rings is 2. The van der Waals surface area contributed by atoms with Crippen LogP contribution in [0, 0.1) is 23.2 Å². The Balaban J connectivity index is 0.844. The first-order valence-corrected chi connectivity index (χ1v) is 24.5. The first kappa shape index (κ1) is 42.3. The number of carbonyl (C=O) groups excluding carboxylic acids is 1. The summed E-state index contributed by atoms with van der Waals surface area (Å²) in [5.74, 6) is 0.265. The van der Waals surface area contributed by atoms with Gasteiger partial charge in [0.15, 0.2) is 0 Å². The minimum atomic E-state index is -4.08. The van der Waals surface area contributed by atoms with E-state index in [1.807, 2.05) is 48.5 Å². The van der Waals surface area contributed by atoms with Gasteiger partial charge in [0.05, 0.1) is 4.90 Å². The summed E-state index contributed by atoms with van der Waals surface area (Å²) in [4.78, 5) is 24.6. The fraction of sp³-hybridized carbons (Fsp3) is 0.562. The van der Waals surface area contributed by atoms with Crippen LogP contribution >= 0.6 is 11.8 Å². The summed E-state index contributed by atoms with van der Waals surface area (Å²) in [6.45, 7) is 19.7. The molecule has 0 radical (unpaired) electrons. The lowest BCUT2D eigenvalue weighted by Crippen LogP contribution is -2.61. The van der Waals surface area contributed by atoms with Crippen molar-refractivity contribution in [1.82, 2.24) is 19.4 Å². The molecular weight excluding hydrogens is 773 g/mol. The second-order valence-corrected chi connectivity index (χ2v) is 22.4. The van der Waals surface area contributed by atoms with E-state index in [0.717, 1.165) is 94.6 Å². The van der Waals surface area contributed by atoms with Crippen LogP contribution in [-0.2, 0) is 10.0 Å². The number of hydrogen-bond donors (Lipinski definition) is 2. The molecule has 2 bridgehead atoms. The number of aryl methyl sites for hydroxylation is 1. The Kier molecular flexibility index (Phi) is 12.3. The quantitative estimate of drug-likeness (QED) is 0.116. The Morgan fingerprint density at radius 2 is 1.53 bits per heavy atom. The summed E-state index contributed by atoms with van der Waals surface area (Å²) in [6, 6.07) is 23.1. The highest BCUT2D eigenvalue weighted by molar-refractivity contribution is 7.99. The molecule has 59 heavy (non-hydrogen) atoms. The number of anilines is 2. The maximum Gasteiger partial charge on any atom is 0.264 e. The molecule has 3 saturated carbocycles. The van der Waals surface area contributed by atoms with Gasteiger partial charge < -0.3 is 20.0 Å². The van der Waals surface area contributed by atoms with Crippen molar-refractivity contribution in [3.8, 4) is 0 Å². The number of carbonyl (C=O) groups is 1. The van der Waals surface area contributed by atoms with Crippen LogP contribution in [0.25, 0.3) is 0 Å². The Bertz CT molecular complexity index is 2090. The number of nitrogens with one attached hydrogen (secondary N) is 2. The summed E-state index contributed by atoms with van der Waals surface area (Å²) in [5.41, 5.74) is 8.24. The molecule has 0 aromatic heterocycles. The molecule has 3 aromatic carbocycles. The fourth-order valence-electron chi connectivity index (χ4n) is 10.7. The predicted octanol–water partition coefficient (Wildman–Crippen LogP) is 8.14. The van der Waals surface area contributed by atoms with Gasteiger partial charge in [-0.2, -0.15) is 0 Å². The van der Waals surface area contributed by atoms with E-state index in [4.69, 9.17) is 0 Å². The van der Waals surface area contributed by atoms with Crippen molar-refractivity contribution in [3.63, 3.8) is 0 Å². The lowest BCUT2D eigenvalue weighted by atomic mass is 9.33. The van der Waals surface area contributed by atoms with Crippen molar-refractivity contribution in [2.75, 3.05) is 88.5 Å². The monoisotopic (exact) mass is 838 g/mol. The van der Waals surface area contributed by atoms with Gasteiger partial charge in [-0.3, -0.25) is 9.69 Å². The van der Waals surface area contributed by atoms with Gasteiger partial charge in [0.25, 0.3) is 15.9 Å².